The third-order valence-electron chi connectivity index (χ3n) is 3.48. The van der Waals surface area contributed by atoms with Gasteiger partial charge in [0.05, 0.1) is 4.88 Å². The fraction of sp³-hybridized carbons (Fsp3) is 0.615. The molecule has 0 N–H and O–H groups in total. The molecule has 1 aliphatic heterocycles. The van der Waals surface area contributed by atoms with Gasteiger partial charge in [0.25, 0.3) is 5.91 Å². The summed E-state index contributed by atoms with van der Waals surface area (Å²) in [7, 11) is 0. The minimum absolute atomic E-state index is 0.216. The Kier molecular flexibility index (Phi) is 4.26. The average Bonchev–Trinajstić information content (AvgIpc) is 2.80. The summed E-state index contributed by atoms with van der Waals surface area (Å²) in [6.45, 7) is 6.07. The zero-order valence-corrected chi connectivity index (χ0v) is 12.7. The second-order valence-electron chi connectivity index (χ2n) is 4.66. The lowest BCUT2D eigenvalue weighted by atomic mass is 9.99. The maximum absolute atomic E-state index is 12.4. The predicted molar refractivity (Wildman–Crippen MR) is 76.1 cm³/mol. The van der Waals surface area contributed by atoms with E-state index in [1.807, 2.05) is 10.3 Å². The second-order valence-corrected chi connectivity index (χ2v) is 6.75. The molecule has 1 aromatic rings. The molecule has 1 aromatic heterocycles. The summed E-state index contributed by atoms with van der Waals surface area (Å²) in [5, 5.41) is 2.02. The number of rotatable bonds is 2. The Balaban J connectivity index is 2.10. The molecule has 4 heteroatoms. The summed E-state index contributed by atoms with van der Waals surface area (Å²) in [4.78, 5) is 15.8. The predicted octanol–water partition coefficient (Wildman–Crippen LogP) is 3.56. The van der Waals surface area contributed by atoms with Crippen molar-refractivity contribution in [3.63, 3.8) is 0 Å². The first kappa shape index (κ1) is 13.1. The van der Waals surface area contributed by atoms with Crippen LogP contribution in [0.1, 0.15) is 35.5 Å². The maximum atomic E-state index is 12.4. The van der Waals surface area contributed by atoms with E-state index < -0.39 is 0 Å². The van der Waals surface area contributed by atoms with Crippen LogP contribution in [0, 0.1) is 5.92 Å². The highest BCUT2D eigenvalue weighted by molar-refractivity contribution is 9.09. The highest BCUT2D eigenvalue weighted by Crippen LogP contribution is 2.26. The monoisotopic (exact) mass is 315 g/mol. The Morgan fingerprint density at radius 1 is 1.65 bits per heavy atom. The fourth-order valence-corrected chi connectivity index (χ4v) is 3.73. The normalized spacial score (nSPS) is 25.0. The number of nitrogens with zero attached hydrogens (tertiary/aromatic N) is 1. The number of aryl methyl sites for hydroxylation is 1. The van der Waals surface area contributed by atoms with E-state index >= 15 is 0 Å². The van der Waals surface area contributed by atoms with Crippen LogP contribution in [-0.4, -0.2) is 28.7 Å². The Labute approximate surface area is 115 Å². The van der Waals surface area contributed by atoms with Crippen LogP contribution < -0.4 is 0 Å². The van der Waals surface area contributed by atoms with Crippen molar-refractivity contribution in [3.05, 3.63) is 21.9 Å². The molecule has 2 atom stereocenters. The summed E-state index contributed by atoms with van der Waals surface area (Å²) in [5.41, 5.74) is 1.18. The molecular weight excluding hydrogens is 298 g/mol. The van der Waals surface area contributed by atoms with Gasteiger partial charge in [0, 0.05) is 17.9 Å². The van der Waals surface area contributed by atoms with Gasteiger partial charge in [0.1, 0.15) is 0 Å². The molecule has 1 saturated heterocycles. The Bertz CT molecular complexity index is 404. The Hall–Kier alpha value is -0.350. The van der Waals surface area contributed by atoms with Crippen molar-refractivity contribution in [3.8, 4) is 0 Å². The smallest absolute Gasteiger partial charge is 0.264 e. The number of alkyl halides is 1. The number of halogens is 1. The highest BCUT2D eigenvalue weighted by atomic mass is 79.9. The van der Waals surface area contributed by atoms with Crippen molar-refractivity contribution in [2.24, 2.45) is 5.92 Å². The van der Waals surface area contributed by atoms with Gasteiger partial charge in [-0.25, -0.2) is 0 Å². The molecule has 0 radical (unpaired) electrons. The SMILES string of the molecule is CCc1ccsc1C(=O)N1CCC(C)C(Br)C1. The lowest BCUT2D eigenvalue weighted by molar-refractivity contribution is 0.0710. The van der Waals surface area contributed by atoms with E-state index in [2.05, 4.69) is 35.8 Å². The lowest BCUT2D eigenvalue weighted by Crippen LogP contribution is -2.43. The molecule has 1 fully saturated rings. The molecule has 0 aromatic carbocycles. The third-order valence-corrected chi connectivity index (χ3v) is 5.61. The Morgan fingerprint density at radius 2 is 2.41 bits per heavy atom. The van der Waals surface area contributed by atoms with E-state index in [1.165, 1.54) is 5.56 Å². The summed E-state index contributed by atoms with van der Waals surface area (Å²) in [5.74, 6) is 0.876. The van der Waals surface area contributed by atoms with Crippen LogP contribution in [0.3, 0.4) is 0 Å². The molecule has 0 bridgehead atoms. The molecule has 2 rings (SSSR count). The molecule has 94 valence electrons. The molecule has 1 amide bonds. The first-order valence-electron chi connectivity index (χ1n) is 6.13. The minimum Gasteiger partial charge on any atom is -0.337 e. The van der Waals surface area contributed by atoms with Crippen LogP contribution in [0.5, 0.6) is 0 Å². The molecule has 0 spiro atoms. The van der Waals surface area contributed by atoms with E-state index in [1.54, 1.807) is 11.3 Å². The number of thiophene rings is 1. The molecule has 0 saturated carbocycles. The number of amides is 1. The molecule has 17 heavy (non-hydrogen) atoms. The molecular formula is C13H18BrNOS. The lowest BCUT2D eigenvalue weighted by Gasteiger charge is -2.34. The van der Waals surface area contributed by atoms with Gasteiger partial charge in [-0.3, -0.25) is 4.79 Å². The standard InChI is InChI=1S/C13H18BrNOS/c1-3-10-5-7-17-12(10)13(16)15-6-4-9(2)11(14)8-15/h5,7,9,11H,3-4,6,8H2,1-2H3. The van der Waals surface area contributed by atoms with Crippen molar-refractivity contribution in [2.45, 2.75) is 31.5 Å². The van der Waals surface area contributed by atoms with Crippen LogP contribution >= 0.6 is 27.3 Å². The van der Waals surface area contributed by atoms with E-state index in [0.29, 0.717) is 10.7 Å². The molecule has 2 unspecified atom stereocenters. The molecule has 2 heterocycles. The Morgan fingerprint density at radius 3 is 3.06 bits per heavy atom. The quantitative estimate of drug-likeness (QED) is 0.764. The van der Waals surface area contributed by atoms with Gasteiger partial charge in [-0.15, -0.1) is 11.3 Å². The average molecular weight is 316 g/mol. The van der Waals surface area contributed by atoms with Gasteiger partial charge in [0.15, 0.2) is 0 Å². The van der Waals surface area contributed by atoms with Crippen LogP contribution in [-0.2, 0) is 6.42 Å². The van der Waals surface area contributed by atoms with E-state index in [4.69, 9.17) is 0 Å². The number of likely N-dealkylation sites (tertiary alicyclic amines) is 1. The zero-order valence-electron chi connectivity index (χ0n) is 10.3. The highest BCUT2D eigenvalue weighted by Gasteiger charge is 2.28. The van der Waals surface area contributed by atoms with Crippen LogP contribution in [0.15, 0.2) is 11.4 Å². The second kappa shape index (κ2) is 5.53. The molecule has 0 aliphatic carbocycles. The van der Waals surface area contributed by atoms with Crippen LogP contribution in [0.4, 0.5) is 0 Å². The number of carbonyl (C=O) groups excluding carboxylic acids is 1. The summed E-state index contributed by atoms with van der Waals surface area (Å²) < 4.78 is 0. The van der Waals surface area contributed by atoms with Gasteiger partial charge in [-0.1, -0.05) is 29.8 Å². The van der Waals surface area contributed by atoms with Gasteiger partial charge in [0.2, 0.25) is 0 Å². The number of hydrogen-bond acceptors (Lipinski definition) is 2. The summed E-state index contributed by atoms with van der Waals surface area (Å²) in [6, 6.07) is 2.07. The molecule has 2 nitrogen and oxygen atoms in total. The van der Waals surface area contributed by atoms with Crippen LogP contribution in [0.2, 0.25) is 0 Å². The van der Waals surface area contributed by atoms with Crippen molar-refractivity contribution in [2.75, 3.05) is 13.1 Å². The van der Waals surface area contributed by atoms with Gasteiger partial charge in [-0.05, 0) is 35.8 Å². The van der Waals surface area contributed by atoms with E-state index in [9.17, 15) is 4.79 Å². The van der Waals surface area contributed by atoms with Crippen molar-refractivity contribution >= 4 is 33.2 Å². The van der Waals surface area contributed by atoms with Crippen molar-refractivity contribution in [1.29, 1.82) is 0 Å². The minimum atomic E-state index is 0.216. The van der Waals surface area contributed by atoms with Crippen LogP contribution in [0.25, 0.3) is 0 Å². The first-order chi connectivity index (χ1) is 8.13. The molecule has 1 aliphatic rings. The number of piperidine rings is 1. The number of hydrogen-bond donors (Lipinski definition) is 0. The summed E-state index contributed by atoms with van der Waals surface area (Å²) in [6.07, 6.45) is 2.03. The van der Waals surface area contributed by atoms with Crippen molar-refractivity contribution < 1.29 is 4.79 Å². The topological polar surface area (TPSA) is 20.3 Å². The van der Waals surface area contributed by atoms with Gasteiger partial charge in [-0.2, -0.15) is 0 Å². The first-order valence-corrected chi connectivity index (χ1v) is 7.92. The fourth-order valence-electron chi connectivity index (χ4n) is 2.15. The van der Waals surface area contributed by atoms with Crippen molar-refractivity contribution in [1.82, 2.24) is 4.90 Å². The van der Waals surface area contributed by atoms with Gasteiger partial charge < -0.3 is 4.90 Å². The largest absolute Gasteiger partial charge is 0.337 e. The van der Waals surface area contributed by atoms with Gasteiger partial charge >= 0.3 is 0 Å². The maximum Gasteiger partial charge on any atom is 0.264 e. The third kappa shape index (κ3) is 2.74. The number of carbonyl (C=O) groups is 1. The van der Waals surface area contributed by atoms with E-state index in [-0.39, 0.29) is 5.91 Å². The summed E-state index contributed by atoms with van der Waals surface area (Å²) >= 11 is 5.24. The zero-order chi connectivity index (χ0) is 12.4. The van der Waals surface area contributed by atoms with E-state index in [0.717, 1.165) is 30.8 Å².